The van der Waals surface area contributed by atoms with Gasteiger partial charge < -0.3 is 16.8 Å². The number of Topliss-reactive ketones (excluding diaryl/α,β-unsaturated/α-hetero) is 3. The Balaban J connectivity index is 1.42. The highest BCUT2D eigenvalue weighted by atomic mass is 16.2. The molecule has 9 heteroatoms. The van der Waals surface area contributed by atoms with Gasteiger partial charge in [0.15, 0.2) is 17.3 Å². The van der Waals surface area contributed by atoms with E-state index in [0.29, 0.717) is 22.3 Å². The molecule has 5 N–H and O–H groups in total. The number of aromatic nitrogens is 2. The number of nitrogens with zero attached hydrogens (tertiary/aromatic N) is 2. The van der Waals surface area contributed by atoms with Crippen molar-refractivity contribution in [1.29, 1.82) is 0 Å². The number of amides is 1. The molecule has 2 unspecified atom stereocenters. The minimum atomic E-state index is -1.49. The second-order valence-electron chi connectivity index (χ2n) is 10.8. The van der Waals surface area contributed by atoms with Crippen molar-refractivity contribution in [2.45, 2.75) is 31.0 Å². The summed E-state index contributed by atoms with van der Waals surface area (Å²) >= 11 is 0. The number of para-hydroxylation sites is 1. The summed E-state index contributed by atoms with van der Waals surface area (Å²) in [6.45, 7) is 0. The molecule has 0 fully saturated rings. The fraction of sp³-hybridized carbons (Fsp3) is 0.167. The topological polar surface area (TPSA) is 158 Å². The highest BCUT2D eigenvalue weighted by molar-refractivity contribution is 6.14. The molecule has 0 spiro atoms. The number of hydrogen-bond acceptors (Lipinski definition) is 8. The van der Waals surface area contributed by atoms with Gasteiger partial charge in [-0.05, 0) is 41.8 Å². The molecule has 9 nitrogen and oxygen atoms in total. The van der Waals surface area contributed by atoms with Gasteiger partial charge in [-0.3, -0.25) is 29.1 Å². The number of pyridine rings is 2. The number of hydrogen-bond donors (Lipinski definition) is 3. The largest absolute Gasteiger partial charge is 0.342 e. The first-order chi connectivity index (χ1) is 21.8. The van der Waals surface area contributed by atoms with E-state index in [1.807, 2.05) is 48.5 Å². The van der Waals surface area contributed by atoms with Crippen molar-refractivity contribution >= 4 is 34.2 Å². The summed E-state index contributed by atoms with van der Waals surface area (Å²) in [7, 11) is 0. The van der Waals surface area contributed by atoms with Crippen LogP contribution in [0, 0.1) is 5.92 Å². The highest BCUT2D eigenvalue weighted by Gasteiger charge is 2.39. The van der Waals surface area contributed by atoms with Crippen LogP contribution in [-0.4, -0.2) is 45.4 Å². The van der Waals surface area contributed by atoms with Crippen LogP contribution in [0.3, 0.4) is 0 Å². The van der Waals surface area contributed by atoms with E-state index in [1.54, 1.807) is 73.1 Å². The number of nitrogens with one attached hydrogen (secondary N) is 1. The van der Waals surface area contributed by atoms with Gasteiger partial charge in [0.2, 0.25) is 0 Å². The number of nitrogens with two attached hydrogens (primary N) is 2. The Bertz CT molecular complexity index is 1750. The monoisotopic (exact) mass is 599 g/mol. The van der Waals surface area contributed by atoms with E-state index in [9.17, 15) is 19.2 Å². The minimum absolute atomic E-state index is 0.130. The van der Waals surface area contributed by atoms with Gasteiger partial charge >= 0.3 is 0 Å². The fourth-order valence-corrected chi connectivity index (χ4v) is 5.44. The van der Waals surface area contributed by atoms with Crippen LogP contribution in [0.4, 0.5) is 0 Å². The van der Waals surface area contributed by atoms with Gasteiger partial charge in [0.25, 0.3) is 5.91 Å². The van der Waals surface area contributed by atoms with Crippen LogP contribution >= 0.6 is 0 Å². The number of fused-ring (bicyclic) bond motifs is 1. The molecule has 5 aromatic rings. The molecular formula is C36H33N5O4. The standard InChI is InChI=1S/C36H33N5O4/c37-35(38)32(34(44)31(24-13-5-2-6-14-24)27-18-7-8-19-39-27)30(43)22-29(42)28(21-23-11-3-1-4-12-23)41-36(45)26-17-9-15-25-16-10-20-40-33(25)26/h1-20,28,31-32,35H,21-22,37-38H2,(H,41,45)/t28-,31?,32?/m0/s1. The number of rotatable bonds is 13. The quantitative estimate of drug-likeness (QED) is 0.136. The lowest BCUT2D eigenvalue weighted by molar-refractivity contribution is -0.136. The molecule has 2 aromatic heterocycles. The van der Waals surface area contributed by atoms with E-state index in [1.165, 1.54) is 0 Å². The van der Waals surface area contributed by atoms with Crippen LogP contribution in [0.1, 0.15) is 39.5 Å². The number of carbonyl (C=O) groups is 4. The molecule has 45 heavy (non-hydrogen) atoms. The Morgan fingerprint density at radius 2 is 1.36 bits per heavy atom. The van der Waals surface area contributed by atoms with Gasteiger partial charge in [-0.15, -0.1) is 0 Å². The van der Waals surface area contributed by atoms with Crippen molar-refractivity contribution in [3.63, 3.8) is 0 Å². The fourth-order valence-electron chi connectivity index (χ4n) is 5.44. The van der Waals surface area contributed by atoms with E-state index < -0.39 is 53.7 Å². The minimum Gasteiger partial charge on any atom is -0.342 e. The summed E-state index contributed by atoms with van der Waals surface area (Å²) < 4.78 is 0. The average Bonchev–Trinajstić information content (AvgIpc) is 3.05. The summed E-state index contributed by atoms with van der Waals surface area (Å²) in [5.74, 6) is -4.78. The third-order valence-corrected chi connectivity index (χ3v) is 7.64. The third-order valence-electron chi connectivity index (χ3n) is 7.64. The molecule has 226 valence electrons. The summed E-state index contributed by atoms with van der Waals surface area (Å²) in [5, 5.41) is 3.58. The SMILES string of the molecule is NC(N)C(C(=O)CC(=O)[C@H](Cc1ccccc1)NC(=O)c1cccc2cccnc12)C(=O)C(c1ccccc1)c1ccccn1. The molecule has 1 amide bonds. The van der Waals surface area contributed by atoms with Crippen molar-refractivity contribution < 1.29 is 19.2 Å². The Kier molecular flexibility index (Phi) is 9.93. The van der Waals surface area contributed by atoms with Gasteiger partial charge in [0.05, 0.1) is 41.3 Å². The maximum absolute atomic E-state index is 14.0. The van der Waals surface area contributed by atoms with Crippen LogP contribution < -0.4 is 16.8 Å². The first-order valence-corrected chi connectivity index (χ1v) is 14.6. The normalized spacial score (nSPS) is 13.1. The maximum atomic E-state index is 14.0. The second kappa shape index (κ2) is 14.4. The number of benzene rings is 3. The summed E-state index contributed by atoms with van der Waals surface area (Å²) in [5.41, 5.74) is 14.7. The molecule has 0 saturated carbocycles. The Hall–Kier alpha value is -5.38. The van der Waals surface area contributed by atoms with Crippen LogP contribution in [0.5, 0.6) is 0 Å². The van der Waals surface area contributed by atoms with Crippen LogP contribution in [0.2, 0.25) is 0 Å². The zero-order chi connectivity index (χ0) is 31.8. The van der Waals surface area contributed by atoms with Crippen LogP contribution in [0.25, 0.3) is 10.9 Å². The van der Waals surface area contributed by atoms with Crippen molar-refractivity contribution in [2.75, 3.05) is 0 Å². The average molecular weight is 600 g/mol. The number of ketones is 3. The van der Waals surface area contributed by atoms with E-state index in [0.717, 1.165) is 10.9 Å². The lowest BCUT2D eigenvalue weighted by Gasteiger charge is -2.25. The van der Waals surface area contributed by atoms with Gasteiger partial charge in [0, 0.05) is 17.8 Å². The Morgan fingerprint density at radius 3 is 2.04 bits per heavy atom. The van der Waals surface area contributed by atoms with Gasteiger partial charge in [-0.2, -0.15) is 0 Å². The summed E-state index contributed by atoms with van der Waals surface area (Å²) in [6, 6.07) is 30.9. The van der Waals surface area contributed by atoms with Crippen molar-refractivity contribution in [3.8, 4) is 0 Å². The maximum Gasteiger partial charge on any atom is 0.254 e. The third kappa shape index (κ3) is 7.41. The second-order valence-corrected chi connectivity index (χ2v) is 10.8. The van der Waals surface area contributed by atoms with Gasteiger partial charge in [0.1, 0.15) is 5.92 Å². The molecule has 0 aliphatic heterocycles. The highest BCUT2D eigenvalue weighted by Crippen LogP contribution is 2.28. The Morgan fingerprint density at radius 1 is 0.689 bits per heavy atom. The van der Waals surface area contributed by atoms with Crippen molar-refractivity contribution in [3.05, 3.63) is 144 Å². The molecule has 0 aliphatic carbocycles. The van der Waals surface area contributed by atoms with Gasteiger partial charge in [-0.1, -0.05) is 84.9 Å². The molecule has 0 saturated heterocycles. The van der Waals surface area contributed by atoms with Gasteiger partial charge in [-0.25, -0.2) is 0 Å². The molecule has 0 aliphatic rings. The molecule has 0 radical (unpaired) electrons. The van der Waals surface area contributed by atoms with E-state index in [4.69, 9.17) is 11.5 Å². The Labute approximate surface area is 260 Å². The van der Waals surface area contributed by atoms with E-state index in [2.05, 4.69) is 15.3 Å². The zero-order valence-electron chi connectivity index (χ0n) is 24.5. The first kappa shape index (κ1) is 31.1. The van der Waals surface area contributed by atoms with Crippen LogP contribution in [0.15, 0.2) is 122 Å². The van der Waals surface area contributed by atoms with Crippen molar-refractivity contribution in [1.82, 2.24) is 15.3 Å². The lowest BCUT2D eigenvalue weighted by atomic mass is 9.80. The molecule has 0 bridgehead atoms. The van der Waals surface area contributed by atoms with E-state index >= 15 is 0 Å². The molecule has 2 heterocycles. The zero-order valence-corrected chi connectivity index (χ0v) is 24.5. The van der Waals surface area contributed by atoms with Crippen molar-refractivity contribution in [2.24, 2.45) is 17.4 Å². The van der Waals surface area contributed by atoms with Crippen LogP contribution in [-0.2, 0) is 20.8 Å². The predicted molar refractivity (Wildman–Crippen MR) is 171 cm³/mol. The summed E-state index contributed by atoms with van der Waals surface area (Å²) in [4.78, 5) is 63.8. The molecule has 5 rings (SSSR count). The van der Waals surface area contributed by atoms with E-state index in [-0.39, 0.29) is 6.42 Å². The predicted octanol–water partition coefficient (Wildman–Crippen LogP) is 3.76. The number of carbonyl (C=O) groups excluding carboxylic acids is 4. The first-order valence-electron chi connectivity index (χ1n) is 14.6. The smallest absolute Gasteiger partial charge is 0.254 e. The molecule has 3 atom stereocenters. The molecular weight excluding hydrogens is 566 g/mol. The summed E-state index contributed by atoms with van der Waals surface area (Å²) in [6.07, 6.45) is 1.26. The molecule has 3 aromatic carbocycles. The lowest BCUT2D eigenvalue weighted by Crippen LogP contribution is -2.50.